The molecule has 4 nitrogen and oxygen atoms in total. The fraction of sp³-hybridized carbons (Fsp3) is 0.586. The lowest BCUT2D eigenvalue weighted by Crippen LogP contribution is -2.40. The molecule has 1 heterocycles. The summed E-state index contributed by atoms with van der Waals surface area (Å²) in [6.45, 7) is 1.29. The average Bonchev–Trinajstić information content (AvgIpc) is 3.45. The van der Waals surface area contributed by atoms with E-state index in [2.05, 4.69) is 9.47 Å². The Kier molecular flexibility index (Phi) is 8.90. The molecule has 0 bridgehead atoms. The van der Waals surface area contributed by atoms with Crippen molar-refractivity contribution < 1.29 is 58.5 Å². The Morgan fingerprint density at radius 2 is 1.17 bits per heavy atom. The predicted octanol–water partition coefficient (Wildman–Crippen LogP) is 8.72. The van der Waals surface area contributed by atoms with Crippen molar-refractivity contribution in [3.8, 4) is 11.5 Å². The molecule has 0 aromatic heterocycles. The van der Waals surface area contributed by atoms with Crippen LogP contribution in [0, 0.1) is 41.0 Å². The van der Waals surface area contributed by atoms with E-state index in [1.54, 1.807) is 0 Å². The number of rotatable bonds is 7. The highest BCUT2D eigenvalue weighted by molar-refractivity contribution is 5.37. The van der Waals surface area contributed by atoms with E-state index in [-0.39, 0.29) is 35.8 Å². The minimum atomic E-state index is -5.46. The van der Waals surface area contributed by atoms with E-state index in [4.69, 9.17) is 9.47 Å². The summed E-state index contributed by atoms with van der Waals surface area (Å²) in [5.41, 5.74) is -1.64. The summed E-state index contributed by atoms with van der Waals surface area (Å²) >= 11 is 0. The third kappa shape index (κ3) is 6.93. The molecule has 0 amide bonds. The lowest BCUT2D eigenvalue weighted by molar-refractivity contribution is -0.276. The van der Waals surface area contributed by atoms with Crippen molar-refractivity contribution in [3.05, 3.63) is 58.7 Å². The van der Waals surface area contributed by atoms with Crippen LogP contribution in [0.5, 0.6) is 11.5 Å². The normalized spacial score (nSPS) is 25.9. The van der Waals surface area contributed by atoms with Crippen LogP contribution in [0.2, 0.25) is 0 Å². The van der Waals surface area contributed by atoms with Crippen LogP contribution in [0.15, 0.2) is 24.3 Å². The summed E-state index contributed by atoms with van der Waals surface area (Å²) in [6.07, 6.45) is -3.36. The maximum absolute atomic E-state index is 14.9. The third-order valence-electron chi connectivity index (χ3n) is 8.43. The van der Waals surface area contributed by atoms with Gasteiger partial charge in [-0.25, -0.2) is 17.6 Å². The van der Waals surface area contributed by atoms with E-state index in [9.17, 15) is 39.5 Å². The first-order chi connectivity index (χ1) is 19.8. The van der Waals surface area contributed by atoms with Crippen molar-refractivity contribution in [3.63, 3.8) is 0 Å². The Morgan fingerprint density at radius 1 is 0.619 bits per heavy atom. The van der Waals surface area contributed by atoms with E-state index in [1.807, 2.05) is 0 Å². The van der Waals surface area contributed by atoms with Gasteiger partial charge in [0, 0.05) is 24.0 Å². The number of alkyl halides is 5. The maximum atomic E-state index is 14.9. The Balaban J connectivity index is 1.21. The molecule has 2 aromatic carbocycles. The smallest absolute Gasteiger partial charge is 0.429 e. The number of benzene rings is 2. The van der Waals surface area contributed by atoms with Gasteiger partial charge in [-0.05, 0) is 55.2 Å². The highest BCUT2D eigenvalue weighted by atomic mass is 19.4. The zero-order valence-corrected chi connectivity index (χ0v) is 22.3. The Bertz CT molecular complexity index is 1200. The number of halogens is 9. The molecule has 2 aliphatic carbocycles. The van der Waals surface area contributed by atoms with Gasteiger partial charge in [0.2, 0.25) is 5.75 Å². The van der Waals surface area contributed by atoms with Gasteiger partial charge >= 0.3 is 12.5 Å². The largest absolute Gasteiger partial charge is 0.573 e. The molecule has 3 fully saturated rings. The van der Waals surface area contributed by atoms with Crippen molar-refractivity contribution >= 4 is 0 Å². The molecule has 2 saturated carbocycles. The van der Waals surface area contributed by atoms with E-state index in [0.717, 1.165) is 12.1 Å². The minimum Gasteiger partial charge on any atom is -0.429 e. The predicted molar refractivity (Wildman–Crippen MR) is 130 cm³/mol. The summed E-state index contributed by atoms with van der Waals surface area (Å²) in [7, 11) is 0. The number of hydrogen-bond donors (Lipinski definition) is 0. The van der Waals surface area contributed by atoms with Crippen molar-refractivity contribution in [1.29, 1.82) is 0 Å². The molecule has 13 heteroatoms. The molecule has 0 unspecified atom stereocenters. The third-order valence-corrected chi connectivity index (χ3v) is 8.43. The van der Waals surface area contributed by atoms with Crippen LogP contribution in [-0.2, 0) is 15.6 Å². The molecule has 1 aliphatic heterocycles. The highest BCUT2D eigenvalue weighted by Gasteiger charge is 2.43. The van der Waals surface area contributed by atoms with E-state index < -0.39 is 52.8 Å². The van der Waals surface area contributed by atoms with E-state index in [1.165, 1.54) is 25.7 Å². The molecule has 3 aliphatic rings. The quantitative estimate of drug-likeness (QED) is 0.293. The summed E-state index contributed by atoms with van der Waals surface area (Å²) < 4.78 is 143. The van der Waals surface area contributed by atoms with Crippen LogP contribution < -0.4 is 9.47 Å². The van der Waals surface area contributed by atoms with Crippen LogP contribution in [0.1, 0.15) is 68.4 Å². The number of hydrogen-bond acceptors (Lipinski definition) is 4. The monoisotopic (exact) mass is 612 g/mol. The summed E-state index contributed by atoms with van der Waals surface area (Å²) in [5.74, 6) is -9.71. The van der Waals surface area contributed by atoms with E-state index >= 15 is 0 Å². The van der Waals surface area contributed by atoms with Gasteiger partial charge in [0.1, 0.15) is 22.9 Å². The highest BCUT2D eigenvalue weighted by Crippen LogP contribution is 2.43. The van der Waals surface area contributed by atoms with Crippen LogP contribution >= 0.6 is 0 Å². The van der Waals surface area contributed by atoms with Gasteiger partial charge in [0.15, 0.2) is 17.9 Å². The van der Waals surface area contributed by atoms with E-state index in [0.29, 0.717) is 50.7 Å². The topological polar surface area (TPSA) is 36.9 Å². The zero-order chi connectivity index (χ0) is 30.2. The van der Waals surface area contributed by atoms with Gasteiger partial charge in [-0.1, -0.05) is 25.7 Å². The molecule has 0 N–H and O–H groups in total. The Hall–Kier alpha value is -2.67. The van der Waals surface area contributed by atoms with Crippen molar-refractivity contribution in [2.45, 2.75) is 76.0 Å². The van der Waals surface area contributed by atoms with Crippen molar-refractivity contribution in [2.24, 2.45) is 17.8 Å². The molecule has 0 radical (unpaired) electrons. The molecule has 0 atom stereocenters. The molecule has 0 spiro atoms. The Morgan fingerprint density at radius 3 is 1.69 bits per heavy atom. The van der Waals surface area contributed by atoms with Gasteiger partial charge in [0.25, 0.3) is 0 Å². The molecule has 5 rings (SSSR count). The van der Waals surface area contributed by atoms with Crippen molar-refractivity contribution in [1.82, 2.24) is 0 Å². The maximum Gasteiger partial charge on any atom is 0.573 e. The average molecular weight is 613 g/mol. The first-order valence-electron chi connectivity index (χ1n) is 13.8. The molecular weight excluding hydrogens is 583 g/mol. The van der Waals surface area contributed by atoms with Crippen LogP contribution in [0.3, 0.4) is 0 Å². The Labute approximate surface area is 236 Å². The molecule has 42 heavy (non-hydrogen) atoms. The lowest BCUT2D eigenvalue weighted by atomic mass is 9.78. The van der Waals surface area contributed by atoms with Gasteiger partial charge in [0.05, 0.1) is 13.2 Å². The molecular formula is C29H29F9O4. The first kappa shape index (κ1) is 30.8. The van der Waals surface area contributed by atoms with Crippen LogP contribution in [0.25, 0.3) is 0 Å². The molecule has 232 valence electrons. The van der Waals surface area contributed by atoms with Gasteiger partial charge in [-0.3, -0.25) is 0 Å². The fourth-order valence-corrected chi connectivity index (χ4v) is 6.35. The zero-order valence-electron chi connectivity index (χ0n) is 22.3. The first-order valence-corrected chi connectivity index (χ1v) is 13.8. The summed E-state index contributed by atoms with van der Waals surface area (Å²) in [6, 6.07) is 1.49. The van der Waals surface area contributed by atoms with Crippen LogP contribution in [0.4, 0.5) is 39.5 Å². The molecule has 1 saturated heterocycles. The second-order valence-electron chi connectivity index (χ2n) is 11.2. The van der Waals surface area contributed by atoms with Gasteiger partial charge < -0.3 is 18.9 Å². The number of ether oxygens (including phenoxy) is 4. The second-order valence-corrected chi connectivity index (χ2v) is 11.2. The van der Waals surface area contributed by atoms with Gasteiger partial charge in [-0.2, -0.15) is 8.78 Å². The summed E-state index contributed by atoms with van der Waals surface area (Å²) in [4.78, 5) is 0. The lowest BCUT2D eigenvalue weighted by Gasteiger charge is -2.39. The summed E-state index contributed by atoms with van der Waals surface area (Å²) in [5, 5.41) is 0. The minimum absolute atomic E-state index is 0.0185. The van der Waals surface area contributed by atoms with Crippen molar-refractivity contribution in [2.75, 3.05) is 13.2 Å². The van der Waals surface area contributed by atoms with Crippen LogP contribution in [-0.4, -0.2) is 25.9 Å². The standard InChI is InChI=1S/C29H29F9O4/c30-21-9-18(16-5-7-17(8-6-16)27-39-13-19(14-40-27)15-3-1-2-4-15)10-22(31)25(21)28(34,35)41-20-11-23(32)26(24(33)12-20)42-29(36,37)38/h9-12,15-17,19,27H,1-8,13-14H2. The van der Waals surface area contributed by atoms with Gasteiger partial charge in [-0.15, -0.1) is 13.2 Å². The molecule has 2 aromatic rings. The fourth-order valence-electron chi connectivity index (χ4n) is 6.35. The SMILES string of the molecule is Fc1cc(OC(F)(F)c2c(F)cc(C3CCC(C4OCC(C5CCCC5)CO4)CC3)cc2F)cc(F)c1OC(F)(F)F. The second kappa shape index (κ2) is 12.1.